The summed E-state index contributed by atoms with van der Waals surface area (Å²) in [7, 11) is 1.67. The van der Waals surface area contributed by atoms with Gasteiger partial charge in [0.25, 0.3) is 0 Å². The molecule has 1 aromatic carbocycles. The molecule has 0 fully saturated rings. The second-order valence-electron chi connectivity index (χ2n) is 3.70. The molecule has 0 radical (unpaired) electrons. The average Bonchev–Trinajstić information content (AvgIpc) is 2.65. The molecule has 5 heteroatoms. The molecule has 0 saturated carbocycles. The number of H-pyrrole nitrogens is 1. The maximum atomic E-state index is 5.93. The van der Waals surface area contributed by atoms with Crippen LogP contribution in [0, 0.1) is 0 Å². The minimum absolute atomic E-state index is 0.352. The van der Waals surface area contributed by atoms with Crippen LogP contribution in [0.2, 0.25) is 5.15 Å². The lowest BCUT2D eigenvalue weighted by atomic mass is 10.1. The van der Waals surface area contributed by atoms with E-state index in [-0.39, 0.29) is 0 Å². The van der Waals surface area contributed by atoms with Gasteiger partial charge in [0.2, 0.25) is 0 Å². The second kappa shape index (κ2) is 5.10. The van der Waals surface area contributed by atoms with E-state index in [1.54, 1.807) is 7.11 Å². The molecule has 0 bridgehead atoms. The number of ether oxygens (including phenoxy) is 1. The van der Waals surface area contributed by atoms with Gasteiger partial charge >= 0.3 is 0 Å². The lowest BCUT2D eigenvalue weighted by Crippen LogP contribution is -1.96. The maximum Gasteiger partial charge on any atom is 0.199 e. The standard InChI is InChI=1S/C12H14ClN3O/c1-17-10-5-3-2-4-8(10)6-7-9-11(13)16-12(14)15-9/h2-5H,6-7H2,1H3,(H3,14,15,16). The van der Waals surface area contributed by atoms with Crippen molar-refractivity contribution >= 4 is 17.5 Å². The number of benzene rings is 1. The molecule has 0 unspecified atom stereocenters. The first-order valence-electron chi connectivity index (χ1n) is 5.32. The normalized spacial score (nSPS) is 10.5. The fourth-order valence-electron chi connectivity index (χ4n) is 1.74. The average molecular weight is 252 g/mol. The molecule has 1 heterocycles. The number of halogens is 1. The molecule has 0 atom stereocenters. The number of methoxy groups -OCH3 is 1. The molecule has 0 aliphatic heterocycles. The first kappa shape index (κ1) is 11.8. The Hall–Kier alpha value is -1.68. The first-order valence-corrected chi connectivity index (χ1v) is 5.70. The van der Waals surface area contributed by atoms with Gasteiger partial charge in [0.05, 0.1) is 12.8 Å². The molecular weight excluding hydrogens is 238 g/mol. The summed E-state index contributed by atoms with van der Waals surface area (Å²) < 4.78 is 5.29. The number of aromatic amines is 1. The van der Waals surface area contributed by atoms with Gasteiger partial charge in [-0.15, -0.1) is 0 Å². The van der Waals surface area contributed by atoms with E-state index in [0.29, 0.717) is 11.1 Å². The molecule has 0 spiro atoms. The summed E-state index contributed by atoms with van der Waals surface area (Å²) in [5, 5.41) is 0.442. The van der Waals surface area contributed by atoms with Crippen molar-refractivity contribution in [3.8, 4) is 5.75 Å². The molecule has 3 N–H and O–H groups in total. The summed E-state index contributed by atoms with van der Waals surface area (Å²) in [5.41, 5.74) is 7.52. The highest BCUT2D eigenvalue weighted by molar-refractivity contribution is 6.30. The highest BCUT2D eigenvalue weighted by Gasteiger charge is 2.08. The van der Waals surface area contributed by atoms with Gasteiger partial charge in [0.1, 0.15) is 5.75 Å². The first-order chi connectivity index (χ1) is 8.20. The Morgan fingerprint density at radius 2 is 2.12 bits per heavy atom. The molecule has 17 heavy (non-hydrogen) atoms. The van der Waals surface area contributed by atoms with Crippen LogP contribution in [0.5, 0.6) is 5.75 Å². The zero-order valence-corrected chi connectivity index (χ0v) is 10.3. The van der Waals surface area contributed by atoms with E-state index in [1.807, 2.05) is 24.3 Å². The third-order valence-electron chi connectivity index (χ3n) is 2.58. The number of nitrogens with one attached hydrogen (secondary N) is 1. The zero-order valence-electron chi connectivity index (χ0n) is 9.53. The Bertz CT molecular complexity index is 510. The highest BCUT2D eigenvalue weighted by atomic mass is 35.5. The van der Waals surface area contributed by atoms with Crippen LogP contribution < -0.4 is 10.5 Å². The van der Waals surface area contributed by atoms with Crippen molar-refractivity contribution in [2.75, 3.05) is 12.8 Å². The van der Waals surface area contributed by atoms with Crippen LogP contribution in [0.1, 0.15) is 11.3 Å². The molecule has 90 valence electrons. The SMILES string of the molecule is COc1ccccc1CCc1[nH]c(N)nc1Cl. The number of hydrogen-bond donors (Lipinski definition) is 2. The molecule has 0 aliphatic rings. The summed E-state index contributed by atoms with van der Waals surface area (Å²) in [4.78, 5) is 6.87. The van der Waals surface area contributed by atoms with Gasteiger partial charge in [-0.25, -0.2) is 4.98 Å². The number of nitrogen functional groups attached to an aromatic ring is 1. The van der Waals surface area contributed by atoms with E-state index in [1.165, 1.54) is 0 Å². The Morgan fingerprint density at radius 1 is 1.35 bits per heavy atom. The van der Waals surface area contributed by atoms with Crippen molar-refractivity contribution in [3.05, 3.63) is 40.7 Å². The van der Waals surface area contributed by atoms with E-state index < -0.39 is 0 Å². The van der Waals surface area contributed by atoms with Crippen molar-refractivity contribution in [1.82, 2.24) is 9.97 Å². The summed E-state index contributed by atoms with van der Waals surface area (Å²) >= 11 is 5.93. The number of anilines is 1. The lowest BCUT2D eigenvalue weighted by molar-refractivity contribution is 0.409. The van der Waals surface area contributed by atoms with Crippen LogP contribution in [0.3, 0.4) is 0 Å². The predicted octanol–water partition coefficient (Wildman–Crippen LogP) is 2.44. The van der Waals surface area contributed by atoms with Crippen LogP contribution in [-0.2, 0) is 12.8 Å². The molecule has 0 aliphatic carbocycles. The van der Waals surface area contributed by atoms with Crippen LogP contribution in [0.25, 0.3) is 0 Å². The minimum atomic E-state index is 0.352. The van der Waals surface area contributed by atoms with Crippen LogP contribution in [-0.4, -0.2) is 17.1 Å². The van der Waals surface area contributed by atoms with Crippen LogP contribution in [0.4, 0.5) is 5.95 Å². The molecule has 0 amide bonds. The molecule has 4 nitrogen and oxygen atoms in total. The summed E-state index contributed by atoms with van der Waals surface area (Å²) in [6, 6.07) is 7.91. The molecule has 2 rings (SSSR count). The third-order valence-corrected chi connectivity index (χ3v) is 2.90. The summed E-state index contributed by atoms with van der Waals surface area (Å²) in [6.07, 6.45) is 1.58. The predicted molar refractivity (Wildman–Crippen MR) is 68.4 cm³/mol. The number of rotatable bonds is 4. The van der Waals surface area contributed by atoms with Gasteiger partial charge in [-0.1, -0.05) is 29.8 Å². The number of imidazole rings is 1. The minimum Gasteiger partial charge on any atom is -0.496 e. The van der Waals surface area contributed by atoms with E-state index in [9.17, 15) is 0 Å². The Morgan fingerprint density at radius 3 is 2.76 bits per heavy atom. The van der Waals surface area contributed by atoms with Crippen molar-refractivity contribution in [2.45, 2.75) is 12.8 Å². The number of para-hydroxylation sites is 1. The Labute approximate surface area is 105 Å². The van der Waals surface area contributed by atoms with Gasteiger partial charge < -0.3 is 15.5 Å². The molecular formula is C12H14ClN3O. The zero-order chi connectivity index (χ0) is 12.3. The Balaban J connectivity index is 2.09. The summed E-state index contributed by atoms with van der Waals surface area (Å²) in [6.45, 7) is 0. The number of nitrogens with zero attached hydrogens (tertiary/aromatic N) is 1. The fraction of sp³-hybridized carbons (Fsp3) is 0.250. The fourth-order valence-corrected chi connectivity index (χ4v) is 1.97. The molecule has 0 saturated heterocycles. The number of aromatic nitrogens is 2. The molecule has 1 aromatic heterocycles. The van der Waals surface area contributed by atoms with E-state index in [2.05, 4.69) is 9.97 Å². The maximum absolute atomic E-state index is 5.93. The van der Waals surface area contributed by atoms with E-state index >= 15 is 0 Å². The quantitative estimate of drug-likeness (QED) is 0.877. The van der Waals surface area contributed by atoms with Crippen LogP contribution in [0.15, 0.2) is 24.3 Å². The van der Waals surface area contributed by atoms with Gasteiger partial charge in [-0.05, 0) is 24.5 Å². The van der Waals surface area contributed by atoms with Crippen molar-refractivity contribution in [3.63, 3.8) is 0 Å². The molecule has 2 aromatic rings. The number of hydrogen-bond acceptors (Lipinski definition) is 3. The van der Waals surface area contributed by atoms with E-state index in [4.69, 9.17) is 22.1 Å². The largest absolute Gasteiger partial charge is 0.496 e. The monoisotopic (exact) mass is 251 g/mol. The van der Waals surface area contributed by atoms with Crippen molar-refractivity contribution in [2.24, 2.45) is 0 Å². The van der Waals surface area contributed by atoms with Gasteiger partial charge in [0, 0.05) is 0 Å². The van der Waals surface area contributed by atoms with E-state index in [0.717, 1.165) is 29.8 Å². The summed E-state index contributed by atoms with van der Waals surface area (Å²) in [5.74, 6) is 1.24. The van der Waals surface area contributed by atoms with Gasteiger partial charge in [-0.2, -0.15) is 0 Å². The lowest BCUT2D eigenvalue weighted by Gasteiger charge is -2.07. The topological polar surface area (TPSA) is 63.9 Å². The number of aryl methyl sites for hydroxylation is 2. The Kier molecular flexibility index (Phi) is 3.54. The van der Waals surface area contributed by atoms with Gasteiger partial charge in [-0.3, -0.25) is 0 Å². The van der Waals surface area contributed by atoms with Gasteiger partial charge in [0.15, 0.2) is 11.1 Å². The van der Waals surface area contributed by atoms with Crippen molar-refractivity contribution in [1.29, 1.82) is 0 Å². The smallest absolute Gasteiger partial charge is 0.199 e. The van der Waals surface area contributed by atoms with Crippen LogP contribution >= 0.6 is 11.6 Å². The second-order valence-corrected chi connectivity index (χ2v) is 4.06. The highest BCUT2D eigenvalue weighted by Crippen LogP contribution is 2.21. The number of nitrogens with two attached hydrogens (primary N) is 1. The third kappa shape index (κ3) is 2.71. The van der Waals surface area contributed by atoms with Crippen molar-refractivity contribution < 1.29 is 4.74 Å².